The topological polar surface area (TPSA) is 41.1 Å². The first-order valence-electron chi connectivity index (χ1n) is 6.94. The molecule has 4 heteroatoms. The Morgan fingerprint density at radius 3 is 2.62 bits per heavy atom. The molecule has 0 unspecified atom stereocenters. The van der Waals surface area contributed by atoms with Gasteiger partial charge in [0.05, 0.1) is 11.3 Å². The first-order chi connectivity index (χ1) is 10.0. The third kappa shape index (κ3) is 3.40. The molecule has 0 aliphatic rings. The van der Waals surface area contributed by atoms with E-state index >= 15 is 0 Å². The molecule has 0 fully saturated rings. The minimum Gasteiger partial charge on any atom is -0.385 e. The number of nitrogens with one attached hydrogen (secondary N) is 2. The van der Waals surface area contributed by atoms with Crippen molar-refractivity contribution in [2.24, 2.45) is 0 Å². The normalized spacial score (nSPS) is 10.3. The Balaban J connectivity index is 2.32. The van der Waals surface area contributed by atoms with Crippen LogP contribution in [-0.4, -0.2) is 12.5 Å². The van der Waals surface area contributed by atoms with Crippen LogP contribution in [0, 0.1) is 19.7 Å². The van der Waals surface area contributed by atoms with Crippen molar-refractivity contribution in [2.75, 3.05) is 17.2 Å². The molecule has 0 heterocycles. The van der Waals surface area contributed by atoms with Gasteiger partial charge in [-0.2, -0.15) is 0 Å². The van der Waals surface area contributed by atoms with Crippen LogP contribution < -0.4 is 10.6 Å². The number of hydrogen-bond acceptors (Lipinski definition) is 2. The molecule has 0 aliphatic heterocycles. The van der Waals surface area contributed by atoms with E-state index in [1.54, 1.807) is 25.1 Å². The Hall–Kier alpha value is -2.36. The molecule has 0 spiro atoms. The second kappa shape index (κ2) is 6.39. The number of para-hydroxylation sites is 1. The number of amides is 1. The van der Waals surface area contributed by atoms with Crippen molar-refractivity contribution in [3.63, 3.8) is 0 Å². The van der Waals surface area contributed by atoms with E-state index < -0.39 is 5.82 Å². The average Bonchev–Trinajstić information content (AvgIpc) is 2.43. The predicted molar refractivity (Wildman–Crippen MR) is 84.4 cm³/mol. The molecule has 0 aliphatic carbocycles. The fraction of sp³-hybridized carbons (Fsp3) is 0.235. The smallest absolute Gasteiger partial charge is 0.257 e. The summed E-state index contributed by atoms with van der Waals surface area (Å²) in [5.74, 6) is -0.750. The summed E-state index contributed by atoms with van der Waals surface area (Å²) in [4.78, 5) is 12.4. The Morgan fingerprint density at radius 1 is 1.19 bits per heavy atom. The summed E-state index contributed by atoms with van der Waals surface area (Å²) in [6.45, 7) is 6.40. The molecule has 0 aromatic heterocycles. The van der Waals surface area contributed by atoms with Gasteiger partial charge in [0.1, 0.15) is 5.82 Å². The van der Waals surface area contributed by atoms with Gasteiger partial charge in [0, 0.05) is 12.2 Å². The van der Waals surface area contributed by atoms with Crippen molar-refractivity contribution < 1.29 is 9.18 Å². The van der Waals surface area contributed by atoms with Crippen molar-refractivity contribution in [3.05, 3.63) is 58.9 Å². The van der Waals surface area contributed by atoms with Gasteiger partial charge in [-0.25, -0.2) is 4.39 Å². The van der Waals surface area contributed by atoms with Crippen LogP contribution in [0.2, 0.25) is 0 Å². The summed E-state index contributed by atoms with van der Waals surface area (Å²) in [5.41, 5.74) is 3.24. The second-order valence-corrected chi connectivity index (χ2v) is 4.97. The van der Waals surface area contributed by atoms with E-state index in [4.69, 9.17) is 0 Å². The summed E-state index contributed by atoms with van der Waals surface area (Å²) in [7, 11) is 0. The van der Waals surface area contributed by atoms with Crippen molar-refractivity contribution >= 4 is 17.3 Å². The molecule has 2 aromatic rings. The molecule has 2 aromatic carbocycles. The molecule has 0 radical (unpaired) electrons. The highest BCUT2D eigenvalue weighted by Crippen LogP contribution is 2.22. The van der Waals surface area contributed by atoms with Crippen LogP contribution >= 0.6 is 0 Å². The molecule has 0 saturated heterocycles. The molecule has 2 rings (SSSR count). The molecule has 110 valence electrons. The second-order valence-electron chi connectivity index (χ2n) is 4.97. The molecule has 3 nitrogen and oxygen atoms in total. The maximum absolute atomic E-state index is 13.8. The highest BCUT2D eigenvalue weighted by atomic mass is 19.1. The number of hydrogen-bond donors (Lipinski definition) is 2. The van der Waals surface area contributed by atoms with E-state index in [2.05, 4.69) is 10.6 Å². The maximum Gasteiger partial charge on any atom is 0.257 e. The zero-order valence-electron chi connectivity index (χ0n) is 12.5. The standard InChI is InChI=1S/C17H19FN2O/c1-4-19-15-10-11(2)8-9-13(15)17(21)20-16-12(3)6-5-7-14(16)18/h5-10,19H,4H2,1-3H3,(H,20,21). The van der Waals surface area contributed by atoms with Crippen LogP contribution in [0.5, 0.6) is 0 Å². The van der Waals surface area contributed by atoms with Crippen molar-refractivity contribution in [1.29, 1.82) is 0 Å². The monoisotopic (exact) mass is 286 g/mol. The molecular weight excluding hydrogens is 267 g/mol. The fourth-order valence-corrected chi connectivity index (χ4v) is 2.16. The van der Waals surface area contributed by atoms with E-state index in [1.807, 2.05) is 26.0 Å². The van der Waals surface area contributed by atoms with Crippen LogP contribution in [0.25, 0.3) is 0 Å². The molecule has 0 bridgehead atoms. The maximum atomic E-state index is 13.8. The minimum atomic E-state index is -0.430. The van der Waals surface area contributed by atoms with Crippen LogP contribution in [-0.2, 0) is 0 Å². The molecule has 1 amide bonds. The largest absolute Gasteiger partial charge is 0.385 e. The van der Waals surface area contributed by atoms with E-state index in [1.165, 1.54) is 6.07 Å². The van der Waals surface area contributed by atoms with Gasteiger partial charge in [0.25, 0.3) is 5.91 Å². The third-order valence-electron chi connectivity index (χ3n) is 3.25. The number of carbonyl (C=O) groups excluding carboxylic acids is 1. The summed E-state index contributed by atoms with van der Waals surface area (Å²) in [6.07, 6.45) is 0. The van der Waals surface area contributed by atoms with Crippen LogP contribution in [0.1, 0.15) is 28.4 Å². The van der Waals surface area contributed by atoms with Gasteiger partial charge < -0.3 is 10.6 Å². The predicted octanol–water partition coefficient (Wildman–Crippen LogP) is 4.13. The van der Waals surface area contributed by atoms with Gasteiger partial charge in [-0.05, 0) is 50.1 Å². The number of rotatable bonds is 4. The summed E-state index contributed by atoms with van der Waals surface area (Å²) < 4.78 is 13.8. The number of halogens is 1. The Labute approximate surface area is 124 Å². The first-order valence-corrected chi connectivity index (χ1v) is 6.94. The van der Waals surface area contributed by atoms with Crippen LogP contribution in [0.3, 0.4) is 0 Å². The van der Waals surface area contributed by atoms with E-state index in [9.17, 15) is 9.18 Å². The Morgan fingerprint density at radius 2 is 1.95 bits per heavy atom. The molecule has 0 atom stereocenters. The molecule has 0 saturated carbocycles. The zero-order valence-corrected chi connectivity index (χ0v) is 12.5. The number of aryl methyl sites for hydroxylation is 2. The first kappa shape index (κ1) is 15.0. The number of anilines is 2. The quantitative estimate of drug-likeness (QED) is 0.887. The van der Waals surface area contributed by atoms with Gasteiger partial charge in [0.15, 0.2) is 0 Å². The summed E-state index contributed by atoms with van der Waals surface area (Å²) in [6, 6.07) is 10.2. The molecule has 2 N–H and O–H groups in total. The van der Waals surface area contributed by atoms with E-state index in [0.717, 1.165) is 11.3 Å². The Bertz CT molecular complexity index is 648. The van der Waals surface area contributed by atoms with E-state index in [-0.39, 0.29) is 11.6 Å². The van der Waals surface area contributed by atoms with E-state index in [0.29, 0.717) is 17.7 Å². The average molecular weight is 286 g/mol. The van der Waals surface area contributed by atoms with Gasteiger partial charge in [-0.1, -0.05) is 18.2 Å². The molecular formula is C17H19FN2O. The highest BCUT2D eigenvalue weighted by molar-refractivity contribution is 6.08. The SMILES string of the molecule is CCNc1cc(C)ccc1C(=O)Nc1c(C)cccc1F. The third-order valence-corrected chi connectivity index (χ3v) is 3.25. The highest BCUT2D eigenvalue weighted by Gasteiger charge is 2.14. The summed E-state index contributed by atoms with van der Waals surface area (Å²) in [5, 5.41) is 5.82. The number of benzene rings is 2. The van der Waals surface area contributed by atoms with Gasteiger partial charge >= 0.3 is 0 Å². The zero-order chi connectivity index (χ0) is 15.4. The summed E-state index contributed by atoms with van der Waals surface area (Å²) >= 11 is 0. The van der Waals surface area contributed by atoms with Crippen LogP contribution in [0.4, 0.5) is 15.8 Å². The van der Waals surface area contributed by atoms with Crippen molar-refractivity contribution in [1.82, 2.24) is 0 Å². The van der Waals surface area contributed by atoms with Gasteiger partial charge in [-0.3, -0.25) is 4.79 Å². The van der Waals surface area contributed by atoms with Gasteiger partial charge in [-0.15, -0.1) is 0 Å². The number of carbonyl (C=O) groups is 1. The lowest BCUT2D eigenvalue weighted by molar-refractivity contribution is 0.102. The lowest BCUT2D eigenvalue weighted by Gasteiger charge is -2.13. The molecule has 21 heavy (non-hydrogen) atoms. The lowest BCUT2D eigenvalue weighted by atomic mass is 10.1. The fourth-order valence-electron chi connectivity index (χ4n) is 2.16. The minimum absolute atomic E-state index is 0.227. The van der Waals surface area contributed by atoms with Gasteiger partial charge in [0.2, 0.25) is 0 Å². The van der Waals surface area contributed by atoms with Crippen molar-refractivity contribution in [2.45, 2.75) is 20.8 Å². The lowest BCUT2D eigenvalue weighted by Crippen LogP contribution is -2.16. The van der Waals surface area contributed by atoms with Crippen molar-refractivity contribution in [3.8, 4) is 0 Å². The Kier molecular flexibility index (Phi) is 4.58. The van der Waals surface area contributed by atoms with Crippen LogP contribution in [0.15, 0.2) is 36.4 Å².